The van der Waals surface area contributed by atoms with E-state index in [0.717, 1.165) is 15.6 Å². The van der Waals surface area contributed by atoms with Gasteiger partial charge >= 0.3 is 0 Å². The molecule has 0 fully saturated rings. The molecular formula is C10H12ClN5S. The van der Waals surface area contributed by atoms with Crippen molar-refractivity contribution in [1.29, 1.82) is 0 Å². The maximum atomic E-state index is 6.15. The Bertz CT molecular complexity index is 525. The molecule has 0 aliphatic rings. The zero-order valence-electron chi connectivity index (χ0n) is 9.46. The van der Waals surface area contributed by atoms with E-state index in [2.05, 4.69) is 15.5 Å². The van der Waals surface area contributed by atoms with Gasteiger partial charge in [-0.25, -0.2) is 4.68 Å². The topological polar surface area (TPSA) is 69.6 Å². The number of nitrogens with zero attached hydrogens (tertiary/aromatic N) is 4. The quantitative estimate of drug-likeness (QED) is 0.923. The molecule has 0 spiro atoms. The van der Waals surface area contributed by atoms with Crippen LogP contribution in [0.5, 0.6) is 0 Å². The van der Waals surface area contributed by atoms with Gasteiger partial charge in [0, 0.05) is 23.0 Å². The van der Waals surface area contributed by atoms with E-state index in [9.17, 15) is 0 Å². The SMILES string of the molecule is CC(N)c1ccc(Sc2nnnn2C)cc1Cl. The van der Waals surface area contributed by atoms with E-state index in [1.165, 1.54) is 11.8 Å². The predicted molar refractivity (Wildman–Crippen MR) is 67.0 cm³/mol. The van der Waals surface area contributed by atoms with Crippen LogP contribution in [-0.2, 0) is 7.05 Å². The summed E-state index contributed by atoms with van der Waals surface area (Å²) in [5.74, 6) is 0. The minimum atomic E-state index is -0.0713. The summed E-state index contributed by atoms with van der Waals surface area (Å²) in [6.07, 6.45) is 0. The Kier molecular flexibility index (Phi) is 3.66. The van der Waals surface area contributed by atoms with Crippen LogP contribution in [0.4, 0.5) is 0 Å². The van der Waals surface area contributed by atoms with Gasteiger partial charge < -0.3 is 5.73 Å². The predicted octanol–water partition coefficient (Wildman–Crippen LogP) is 2.03. The summed E-state index contributed by atoms with van der Waals surface area (Å²) < 4.78 is 1.61. The standard InChI is InChI=1S/C10H12ClN5S/c1-6(12)8-4-3-7(5-9(8)11)17-10-13-14-15-16(10)2/h3-6H,12H2,1-2H3. The van der Waals surface area contributed by atoms with Gasteiger partial charge in [-0.15, -0.1) is 5.10 Å². The van der Waals surface area contributed by atoms with Gasteiger partial charge in [-0.05, 0) is 46.8 Å². The molecule has 1 atom stereocenters. The minimum absolute atomic E-state index is 0.0713. The molecule has 0 saturated heterocycles. The summed E-state index contributed by atoms with van der Waals surface area (Å²) in [6, 6.07) is 5.70. The first-order chi connectivity index (χ1) is 8.08. The third-order valence-electron chi connectivity index (χ3n) is 2.25. The molecule has 1 unspecified atom stereocenters. The lowest BCUT2D eigenvalue weighted by Crippen LogP contribution is -2.05. The number of rotatable bonds is 3. The molecule has 0 bridgehead atoms. The molecule has 2 aromatic rings. The maximum absolute atomic E-state index is 6.15. The van der Waals surface area contributed by atoms with Gasteiger partial charge in [0.1, 0.15) is 0 Å². The molecule has 0 aliphatic carbocycles. The summed E-state index contributed by atoms with van der Waals surface area (Å²) in [7, 11) is 1.79. The van der Waals surface area contributed by atoms with Crippen molar-refractivity contribution < 1.29 is 0 Å². The Morgan fingerprint density at radius 2 is 2.24 bits per heavy atom. The number of tetrazole rings is 1. The first-order valence-corrected chi connectivity index (χ1v) is 6.22. The first kappa shape index (κ1) is 12.3. The van der Waals surface area contributed by atoms with Gasteiger partial charge in [-0.2, -0.15) is 0 Å². The average molecular weight is 270 g/mol. The Labute approximate surface area is 108 Å². The largest absolute Gasteiger partial charge is 0.324 e. The fraction of sp³-hybridized carbons (Fsp3) is 0.300. The Morgan fingerprint density at radius 3 is 2.76 bits per heavy atom. The van der Waals surface area contributed by atoms with Crippen LogP contribution in [0.2, 0.25) is 5.02 Å². The molecule has 0 aliphatic heterocycles. The van der Waals surface area contributed by atoms with Crippen LogP contribution in [-0.4, -0.2) is 20.2 Å². The number of benzene rings is 1. The molecule has 0 saturated carbocycles. The molecule has 0 radical (unpaired) electrons. The lowest BCUT2D eigenvalue weighted by atomic mass is 10.1. The Morgan fingerprint density at radius 1 is 1.47 bits per heavy atom. The second-order valence-electron chi connectivity index (χ2n) is 3.66. The molecule has 90 valence electrons. The Hall–Kier alpha value is -1.11. The average Bonchev–Trinajstić information content (AvgIpc) is 2.64. The highest BCUT2D eigenvalue weighted by Crippen LogP contribution is 2.30. The van der Waals surface area contributed by atoms with E-state index in [1.807, 2.05) is 25.1 Å². The fourth-order valence-electron chi connectivity index (χ4n) is 1.35. The van der Waals surface area contributed by atoms with Crippen LogP contribution < -0.4 is 5.73 Å². The molecule has 0 amide bonds. The van der Waals surface area contributed by atoms with E-state index >= 15 is 0 Å². The molecule has 1 heterocycles. The molecule has 2 N–H and O–H groups in total. The lowest BCUT2D eigenvalue weighted by molar-refractivity contribution is 0.664. The third kappa shape index (κ3) is 2.77. The van der Waals surface area contributed by atoms with Crippen molar-refractivity contribution in [3.63, 3.8) is 0 Å². The van der Waals surface area contributed by atoms with Gasteiger partial charge in [-0.3, -0.25) is 0 Å². The van der Waals surface area contributed by atoms with Crippen LogP contribution in [0.3, 0.4) is 0 Å². The fourth-order valence-corrected chi connectivity index (χ4v) is 2.54. The molecule has 5 nitrogen and oxygen atoms in total. The smallest absolute Gasteiger partial charge is 0.213 e. The highest BCUT2D eigenvalue weighted by atomic mass is 35.5. The molecule has 17 heavy (non-hydrogen) atoms. The second-order valence-corrected chi connectivity index (χ2v) is 5.11. The highest BCUT2D eigenvalue weighted by molar-refractivity contribution is 7.99. The van der Waals surface area contributed by atoms with Crippen molar-refractivity contribution in [2.24, 2.45) is 12.8 Å². The van der Waals surface area contributed by atoms with E-state index < -0.39 is 0 Å². The van der Waals surface area contributed by atoms with Crippen LogP contribution >= 0.6 is 23.4 Å². The van der Waals surface area contributed by atoms with Gasteiger partial charge in [0.05, 0.1) is 0 Å². The number of hydrogen-bond acceptors (Lipinski definition) is 5. The van der Waals surface area contributed by atoms with Crippen molar-refractivity contribution in [2.45, 2.75) is 23.0 Å². The molecule has 2 rings (SSSR count). The van der Waals surface area contributed by atoms with E-state index in [-0.39, 0.29) is 6.04 Å². The zero-order valence-corrected chi connectivity index (χ0v) is 11.0. The van der Waals surface area contributed by atoms with E-state index in [0.29, 0.717) is 5.02 Å². The Balaban J connectivity index is 2.24. The van der Waals surface area contributed by atoms with E-state index in [4.69, 9.17) is 17.3 Å². The number of halogens is 1. The van der Waals surface area contributed by atoms with Crippen molar-refractivity contribution >= 4 is 23.4 Å². The molecular weight excluding hydrogens is 258 g/mol. The first-order valence-electron chi connectivity index (χ1n) is 5.03. The highest BCUT2D eigenvalue weighted by Gasteiger charge is 2.09. The third-order valence-corrected chi connectivity index (χ3v) is 3.60. The maximum Gasteiger partial charge on any atom is 0.213 e. The summed E-state index contributed by atoms with van der Waals surface area (Å²) in [6.45, 7) is 1.90. The second kappa shape index (κ2) is 5.03. The lowest BCUT2D eigenvalue weighted by Gasteiger charge is -2.09. The number of hydrogen-bond donors (Lipinski definition) is 1. The van der Waals surface area contributed by atoms with Crippen molar-refractivity contribution in [2.75, 3.05) is 0 Å². The molecule has 1 aromatic heterocycles. The van der Waals surface area contributed by atoms with Gasteiger partial charge in [-0.1, -0.05) is 17.7 Å². The van der Waals surface area contributed by atoms with Gasteiger partial charge in [0.25, 0.3) is 0 Å². The number of aromatic nitrogens is 4. The van der Waals surface area contributed by atoms with Crippen LogP contribution in [0.25, 0.3) is 0 Å². The summed E-state index contributed by atoms with van der Waals surface area (Å²) in [5.41, 5.74) is 6.73. The molecule has 1 aromatic carbocycles. The van der Waals surface area contributed by atoms with Crippen molar-refractivity contribution in [1.82, 2.24) is 20.2 Å². The van der Waals surface area contributed by atoms with Gasteiger partial charge in [0.2, 0.25) is 5.16 Å². The minimum Gasteiger partial charge on any atom is -0.324 e. The summed E-state index contributed by atoms with van der Waals surface area (Å²) in [5, 5.41) is 12.6. The summed E-state index contributed by atoms with van der Waals surface area (Å²) in [4.78, 5) is 0.984. The zero-order chi connectivity index (χ0) is 12.4. The number of aryl methyl sites for hydroxylation is 1. The molecule has 7 heteroatoms. The van der Waals surface area contributed by atoms with Crippen molar-refractivity contribution in [3.05, 3.63) is 28.8 Å². The van der Waals surface area contributed by atoms with Crippen LogP contribution in [0, 0.1) is 0 Å². The van der Waals surface area contributed by atoms with Gasteiger partial charge in [0.15, 0.2) is 0 Å². The van der Waals surface area contributed by atoms with Crippen LogP contribution in [0.1, 0.15) is 18.5 Å². The number of nitrogens with two attached hydrogens (primary N) is 1. The van der Waals surface area contributed by atoms with E-state index in [1.54, 1.807) is 11.7 Å². The van der Waals surface area contributed by atoms with Crippen LogP contribution in [0.15, 0.2) is 28.3 Å². The normalized spacial score (nSPS) is 12.7. The summed E-state index contributed by atoms with van der Waals surface area (Å²) >= 11 is 7.61. The monoisotopic (exact) mass is 269 g/mol. The van der Waals surface area contributed by atoms with Crippen molar-refractivity contribution in [3.8, 4) is 0 Å².